The SMILES string of the molecule is C=CCN(C)C(=O)[C@H]1[C@@H]2OC3(CC2Br)C(C(=O)N(CC=C)c2cc(C)ccc2C)N([C@@H](CO)C(C)C)C(=O)[C@H]13. The molecule has 3 heterocycles. The van der Waals surface area contributed by atoms with Gasteiger partial charge in [0.2, 0.25) is 11.8 Å². The molecular weight excluding hydrogens is 562 g/mol. The maximum absolute atomic E-state index is 14.7. The fraction of sp³-hybridized carbons (Fsp3) is 0.567. The van der Waals surface area contributed by atoms with E-state index in [-0.39, 0.29) is 41.6 Å². The number of aryl methyl sites for hydroxylation is 2. The molecular formula is C30H40BrN3O5. The maximum atomic E-state index is 14.7. The second-order valence-corrected chi connectivity index (χ2v) is 12.6. The standard InChI is InChI=1S/C30H40BrN3O5/c1-8-12-32(7)27(36)23-24-28(37)34(22(16-35)17(3)4)26(30(24)15-20(31)25(23)39-30)29(38)33(13-9-2)21-14-18(5)10-11-19(21)6/h8-11,14,17,20,22-26,35H,1-2,12-13,15-16H2,3-7H3/t20?,22-,23+,24-,25+,26?,30?/m0/s1. The summed E-state index contributed by atoms with van der Waals surface area (Å²) >= 11 is 3.72. The zero-order chi connectivity index (χ0) is 28.8. The number of ether oxygens (including phenoxy) is 1. The van der Waals surface area contributed by atoms with Crippen LogP contribution in [0.2, 0.25) is 0 Å². The number of anilines is 1. The third-order valence-electron chi connectivity index (χ3n) is 8.57. The second kappa shape index (κ2) is 11.2. The molecule has 8 nitrogen and oxygen atoms in total. The Labute approximate surface area is 239 Å². The van der Waals surface area contributed by atoms with Crippen molar-refractivity contribution in [2.24, 2.45) is 17.8 Å². The van der Waals surface area contributed by atoms with Crippen molar-refractivity contribution in [2.45, 2.75) is 62.7 Å². The number of carbonyl (C=O) groups excluding carboxylic acids is 3. The van der Waals surface area contributed by atoms with Crippen LogP contribution in [-0.4, -0.2) is 88.0 Å². The Morgan fingerprint density at radius 2 is 1.90 bits per heavy atom. The molecule has 3 unspecified atom stereocenters. The van der Waals surface area contributed by atoms with Crippen molar-refractivity contribution in [3.63, 3.8) is 0 Å². The third kappa shape index (κ3) is 4.66. The number of aliphatic hydroxyl groups is 1. The van der Waals surface area contributed by atoms with E-state index in [0.717, 1.165) is 16.8 Å². The Hall–Kier alpha value is -2.49. The van der Waals surface area contributed by atoms with Crippen LogP contribution in [0.15, 0.2) is 43.5 Å². The van der Waals surface area contributed by atoms with E-state index in [1.807, 2.05) is 45.9 Å². The van der Waals surface area contributed by atoms with Gasteiger partial charge in [0.1, 0.15) is 11.6 Å². The molecule has 4 rings (SSSR count). The van der Waals surface area contributed by atoms with E-state index in [9.17, 15) is 19.5 Å². The van der Waals surface area contributed by atoms with E-state index in [0.29, 0.717) is 13.0 Å². The van der Waals surface area contributed by atoms with Gasteiger partial charge in [-0.15, -0.1) is 13.2 Å². The normalized spacial score (nSPS) is 29.9. The lowest BCUT2D eigenvalue weighted by molar-refractivity contribution is -0.147. The Bertz CT molecular complexity index is 1170. The number of benzene rings is 1. The fourth-order valence-corrected chi connectivity index (χ4v) is 7.68. The van der Waals surface area contributed by atoms with Crippen LogP contribution in [0, 0.1) is 31.6 Å². The first-order chi connectivity index (χ1) is 18.4. The minimum atomic E-state index is -1.21. The number of halogens is 1. The summed E-state index contributed by atoms with van der Waals surface area (Å²) in [6, 6.07) is 4.28. The predicted octanol–water partition coefficient (Wildman–Crippen LogP) is 3.23. The van der Waals surface area contributed by atoms with Crippen LogP contribution in [0.3, 0.4) is 0 Å². The molecule has 1 spiro atoms. The average Bonchev–Trinajstić information content (AvgIpc) is 3.47. The highest BCUT2D eigenvalue weighted by atomic mass is 79.9. The molecule has 7 atom stereocenters. The van der Waals surface area contributed by atoms with Crippen molar-refractivity contribution >= 4 is 39.3 Å². The summed E-state index contributed by atoms with van der Waals surface area (Å²) in [5, 5.41) is 10.5. The minimum Gasteiger partial charge on any atom is -0.394 e. The van der Waals surface area contributed by atoms with Gasteiger partial charge in [-0.05, 0) is 43.4 Å². The number of likely N-dealkylation sites (N-methyl/N-ethyl adjacent to an activating group) is 1. The highest BCUT2D eigenvalue weighted by Gasteiger charge is 2.77. The van der Waals surface area contributed by atoms with Crippen molar-refractivity contribution in [2.75, 3.05) is 31.6 Å². The Morgan fingerprint density at radius 1 is 1.23 bits per heavy atom. The highest BCUT2D eigenvalue weighted by Crippen LogP contribution is 2.61. The molecule has 3 aliphatic heterocycles. The van der Waals surface area contributed by atoms with Gasteiger partial charge in [-0.3, -0.25) is 14.4 Å². The number of aliphatic hydroxyl groups excluding tert-OH is 1. The fourth-order valence-electron chi connectivity index (χ4n) is 6.74. The predicted molar refractivity (Wildman–Crippen MR) is 155 cm³/mol. The largest absolute Gasteiger partial charge is 0.394 e. The first-order valence-electron chi connectivity index (χ1n) is 13.5. The summed E-state index contributed by atoms with van der Waals surface area (Å²) in [5.74, 6) is -2.53. The van der Waals surface area contributed by atoms with E-state index in [4.69, 9.17) is 4.74 Å². The number of carbonyl (C=O) groups is 3. The second-order valence-electron chi connectivity index (χ2n) is 11.4. The molecule has 9 heteroatoms. The summed E-state index contributed by atoms with van der Waals surface area (Å²) in [6.45, 7) is 15.6. The summed E-state index contributed by atoms with van der Waals surface area (Å²) in [6.07, 6.45) is 3.16. The number of likely N-dealkylation sites (tertiary alicyclic amines) is 1. The van der Waals surface area contributed by atoms with Crippen molar-refractivity contribution in [1.29, 1.82) is 0 Å². The molecule has 212 valence electrons. The minimum absolute atomic E-state index is 0.132. The number of alkyl halides is 1. The van der Waals surface area contributed by atoms with Crippen LogP contribution in [0.1, 0.15) is 31.4 Å². The van der Waals surface area contributed by atoms with E-state index in [2.05, 4.69) is 29.1 Å². The molecule has 2 bridgehead atoms. The van der Waals surface area contributed by atoms with E-state index in [1.165, 1.54) is 4.90 Å². The van der Waals surface area contributed by atoms with Gasteiger partial charge in [0, 0.05) is 30.7 Å². The molecule has 0 aromatic heterocycles. The molecule has 39 heavy (non-hydrogen) atoms. The Kier molecular flexibility index (Phi) is 8.45. The lowest BCUT2D eigenvalue weighted by Gasteiger charge is -2.40. The third-order valence-corrected chi connectivity index (χ3v) is 9.42. The number of hydrogen-bond donors (Lipinski definition) is 1. The Morgan fingerprint density at radius 3 is 2.49 bits per heavy atom. The Balaban J connectivity index is 1.88. The van der Waals surface area contributed by atoms with Gasteiger partial charge in [-0.2, -0.15) is 0 Å². The number of hydrogen-bond acceptors (Lipinski definition) is 5. The zero-order valence-electron chi connectivity index (χ0n) is 23.5. The number of rotatable bonds is 10. The molecule has 1 aromatic rings. The van der Waals surface area contributed by atoms with Crippen molar-refractivity contribution in [1.82, 2.24) is 9.80 Å². The van der Waals surface area contributed by atoms with E-state index < -0.39 is 35.6 Å². The van der Waals surface area contributed by atoms with Gasteiger partial charge in [0.25, 0.3) is 5.91 Å². The van der Waals surface area contributed by atoms with Crippen LogP contribution in [0.25, 0.3) is 0 Å². The summed E-state index contributed by atoms with van der Waals surface area (Å²) in [4.78, 5) is 47.3. The molecule has 0 radical (unpaired) electrons. The highest BCUT2D eigenvalue weighted by molar-refractivity contribution is 9.09. The quantitative estimate of drug-likeness (QED) is 0.328. The van der Waals surface area contributed by atoms with Gasteiger partial charge in [-0.1, -0.05) is 54.1 Å². The number of nitrogens with zero attached hydrogens (tertiary/aromatic N) is 3. The topological polar surface area (TPSA) is 90.4 Å². The van der Waals surface area contributed by atoms with Crippen LogP contribution in [0.5, 0.6) is 0 Å². The summed E-state index contributed by atoms with van der Waals surface area (Å²) in [5.41, 5.74) is 1.44. The molecule has 1 aromatic carbocycles. The smallest absolute Gasteiger partial charge is 0.253 e. The zero-order valence-corrected chi connectivity index (χ0v) is 25.1. The van der Waals surface area contributed by atoms with Gasteiger partial charge < -0.3 is 24.5 Å². The molecule has 3 amide bonds. The summed E-state index contributed by atoms with van der Waals surface area (Å²) in [7, 11) is 1.68. The van der Waals surface area contributed by atoms with Crippen molar-refractivity contribution in [3.8, 4) is 0 Å². The van der Waals surface area contributed by atoms with Crippen LogP contribution in [-0.2, 0) is 19.1 Å². The first kappa shape index (κ1) is 29.5. The van der Waals surface area contributed by atoms with E-state index in [1.54, 1.807) is 29.0 Å². The van der Waals surface area contributed by atoms with Gasteiger partial charge >= 0.3 is 0 Å². The van der Waals surface area contributed by atoms with Crippen LogP contribution < -0.4 is 4.90 Å². The maximum Gasteiger partial charge on any atom is 0.253 e. The monoisotopic (exact) mass is 601 g/mol. The molecule has 3 fully saturated rings. The summed E-state index contributed by atoms with van der Waals surface area (Å²) < 4.78 is 6.65. The number of fused-ring (bicyclic) bond motifs is 1. The molecule has 3 aliphatic rings. The molecule has 0 aliphatic carbocycles. The van der Waals surface area contributed by atoms with Crippen LogP contribution in [0.4, 0.5) is 5.69 Å². The van der Waals surface area contributed by atoms with Crippen molar-refractivity contribution < 1.29 is 24.2 Å². The van der Waals surface area contributed by atoms with Gasteiger partial charge in [-0.25, -0.2) is 0 Å². The lowest BCUT2D eigenvalue weighted by atomic mass is 9.70. The van der Waals surface area contributed by atoms with Crippen molar-refractivity contribution in [3.05, 3.63) is 54.6 Å². The molecule has 3 saturated heterocycles. The molecule has 1 N–H and O–H groups in total. The molecule has 0 saturated carbocycles. The average molecular weight is 603 g/mol. The van der Waals surface area contributed by atoms with Crippen LogP contribution >= 0.6 is 15.9 Å². The first-order valence-corrected chi connectivity index (χ1v) is 14.5. The number of amides is 3. The van der Waals surface area contributed by atoms with E-state index >= 15 is 0 Å². The lowest BCUT2D eigenvalue weighted by Crippen LogP contribution is -2.60. The van der Waals surface area contributed by atoms with Gasteiger partial charge in [0.05, 0.1) is 30.6 Å². The van der Waals surface area contributed by atoms with Gasteiger partial charge in [0.15, 0.2) is 0 Å².